The van der Waals surface area contributed by atoms with Crippen molar-refractivity contribution < 1.29 is 14.3 Å². The smallest absolute Gasteiger partial charge is 0.255 e. The van der Waals surface area contributed by atoms with Crippen LogP contribution in [0.4, 0.5) is 0 Å². The summed E-state index contributed by atoms with van der Waals surface area (Å²) in [4.78, 5) is 35.4. The third-order valence-corrected chi connectivity index (χ3v) is 8.17. The Hall–Kier alpha value is -3.42. The van der Waals surface area contributed by atoms with Gasteiger partial charge in [0, 0.05) is 27.6 Å². The summed E-state index contributed by atoms with van der Waals surface area (Å²) < 4.78 is 5.34. The van der Waals surface area contributed by atoms with Crippen LogP contribution in [0, 0.1) is 6.92 Å². The van der Waals surface area contributed by atoms with Crippen LogP contribution >= 0.6 is 22.9 Å². The zero-order valence-corrected chi connectivity index (χ0v) is 23.0. The summed E-state index contributed by atoms with van der Waals surface area (Å²) >= 11 is 7.99. The second-order valence-electron chi connectivity index (χ2n) is 9.66. The molecule has 0 saturated heterocycles. The number of benzene rings is 2. The van der Waals surface area contributed by atoms with Crippen molar-refractivity contribution in [2.75, 3.05) is 7.11 Å². The van der Waals surface area contributed by atoms with E-state index in [1.165, 1.54) is 0 Å². The molecule has 0 aliphatic heterocycles. The first-order chi connectivity index (χ1) is 18.4. The third kappa shape index (κ3) is 5.69. The van der Waals surface area contributed by atoms with Crippen LogP contribution in [0.5, 0.6) is 5.75 Å². The molecule has 1 atom stereocenters. The van der Waals surface area contributed by atoms with Gasteiger partial charge in [-0.15, -0.1) is 11.3 Å². The Kier molecular flexibility index (Phi) is 7.95. The predicted molar refractivity (Wildman–Crippen MR) is 152 cm³/mol. The number of aromatic nitrogens is 1. The molecule has 0 bridgehead atoms. The number of thiophene rings is 1. The van der Waals surface area contributed by atoms with Gasteiger partial charge in [-0.2, -0.15) is 0 Å². The number of amides is 2. The average Bonchev–Trinajstić information content (AvgIpc) is 3.62. The fraction of sp³-hybridized carbons (Fsp3) is 0.300. The number of halogens is 1. The van der Waals surface area contributed by atoms with Gasteiger partial charge in [-0.3, -0.25) is 14.6 Å². The molecule has 6 nitrogen and oxygen atoms in total. The first-order valence-electron chi connectivity index (χ1n) is 12.8. The average molecular weight is 548 g/mol. The van der Waals surface area contributed by atoms with E-state index in [-0.39, 0.29) is 17.9 Å². The van der Waals surface area contributed by atoms with Crippen molar-refractivity contribution in [3.05, 3.63) is 92.8 Å². The van der Waals surface area contributed by atoms with E-state index in [0.29, 0.717) is 28.4 Å². The Morgan fingerprint density at radius 1 is 1.13 bits per heavy atom. The van der Waals surface area contributed by atoms with Crippen molar-refractivity contribution >= 4 is 45.7 Å². The predicted octanol–water partition coefficient (Wildman–Crippen LogP) is 6.71. The van der Waals surface area contributed by atoms with Crippen LogP contribution in [0.15, 0.2) is 66.0 Å². The van der Waals surface area contributed by atoms with Gasteiger partial charge in [-0.1, -0.05) is 48.7 Å². The Bertz CT molecular complexity index is 1430. The Balaban J connectivity index is 1.58. The number of fused-ring (bicyclic) bond motifs is 1. The number of carbonyl (C=O) groups excluding carboxylic acids is 2. The molecule has 38 heavy (non-hydrogen) atoms. The van der Waals surface area contributed by atoms with Crippen LogP contribution < -0.4 is 10.1 Å². The van der Waals surface area contributed by atoms with E-state index in [4.69, 9.17) is 16.3 Å². The fourth-order valence-electron chi connectivity index (χ4n) is 5.07. The second-order valence-corrected chi connectivity index (χ2v) is 11.1. The Labute approximate surface area is 231 Å². The van der Waals surface area contributed by atoms with E-state index in [2.05, 4.69) is 10.3 Å². The molecule has 1 aliphatic carbocycles. The number of nitrogens with one attached hydrogen (secondary N) is 1. The number of hydrogen-bond acceptors (Lipinski definition) is 5. The maximum Gasteiger partial charge on any atom is 0.255 e. The number of ether oxygens (including phenoxy) is 1. The lowest BCUT2D eigenvalue weighted by atomic mass is 10.0. The van der Waals surface area contributed by atoms with Gasteiger partial charge in [0.1, 0.15) is 11.8 Å². The molecule has 0 unspecified atom stereocenters. The normalized spacial score (nSPS) is 14.4. The van der Waals surface area contributed by atoms with Crippen molar-refractivity contribution in [3.8, 4) is 5.75 Å². The van der Waals surface area contributed by atoms with Crippen molar-refractivity contribution in [2.24, 2.45) is 0 Å². The van der Waals surface area contributed by atoms with Crippen LogP contribution in [0.2, 0.25) is 5.02 Å². The highest BCUT2D eigenvalue weighted by Gasteiger charge is 2.34. The molecule has 1 aliphatic rings. The standard InChI is InChI=1S/C30H30ClN3O3S/c1-19-16-26(31)25-14-11-21(17-27(25)32-19)30(36)34(18-24-8-5-15-38-24)28(20-9-12-23(37-2)13-10-20)29(35)33-22-6-3-4-7-22/h5,8-17,22,28H,3-4,6-7,18H2,1-2H3,(H,33,35)/t28-/m1/s1. The maximum absolute atomic E-state index is 14.2. The number of rotatable bonds is 8. The Morgan fingerprint density at radius 3 is 2.58 bits per heavy atom. The molecule has 8 heteroatoms. The van der Waals surface area contributed by atoms with E-state index >= 15 is 0 Å². The topological polar surface area (TPSA) is 71.5 Å². The number of methoxy groups -OCH3 is 1. The minimum Gasteiger partial charge on any atom is -0.497 e. The lowest BCUT2D eigenvalue weighted by Crippen LogP contribution is -2.45. The molecule has 0 radical (unpaired) electrons. The zero-order valence-electron chi connectivity index (χ0n) is 21.4. The monoisotopic (exact) mass is 547 g/mol. The minimum absolute atomic E-state index is 0.122. The first kappa shape index (κ1) is 26.2. The highest BCUT2D eigenvalue weighted by atomic mass is 35.5. The molecule has 1 N–H and O–H groups in total. The molecule has 5 rings (SSSR count). The largest absolute Gasteiger partial charge is 0.497 e. The Morgan fingerprint density at radius 2 is 1.89 bits per heavy atom. The van der Waals surface area contributed by atoms with Gasteiger partial charge in [0.15, 0.2) is 0 Å². The molecular weight excluding hydrogens is 518 g/mol. The van der Waals surface area contributed by atoms with E-state index in [1.54, 1.807) is 35.5 Å². The molecule has 2 amide bonds. The molecule has 2 aromatic heterocycles. The first-order valence-corrected chi connectivity index (χ1v) is 14.0. The van der Waals surface area contributed by atoms with Crippen LogP contribution in [-0.4, -0.2) is 34.8 Å². The number of nitrogens with zero attached hydrogens (tertiary/aromatic N) is 2. The summed E-state index contributed by atoms with van der Waals surface area (Å²) in [7, 11) is 1.60. The summed E-state index contributed by atoms with van der Waals surface area (Å²) in [5, 5.41) is 6.58. The third-order valence-electron chi connectivity index (χ3n) is 6.99. The summed E-state index contributed by atoms with van der Waals surface area (Å²) in [6.07, 6.45) is 4.11. The zero-order chi connectivity index (χ0) is 26.6. The highest BCUT2D eigenvalue weighted by molar-refractivity contribution is 7.09. The lowest BCUT2D eigenvalue weighted by molar-refractivity contribution is -0.126. The molecule has 0 spiro atoms. The number of carbonyl (C=O) groups is 2. The van der Waals surface area contributed by atoms with Gasteiger partial charge in [-0.25, -0.2) is 0 Å². The molecule has 196 valence electrons. The van der Waals surface area contributed by atoms with Crippen LogP contribution in [0.1, 0.15) is 58.2 Å². The molecule has 4 aromatic rings. The van der Waals surface area contributed by atoms with E-state index in [0.717, 1.165) is 47.2 Å². The SMILES string of the molecule is COc1ccc([C@H](C(=O)NC2CCCC2)N(Cc2cccs2)C(=O)c2ccc3c(Cl)cc(C)nc3c2)cc1. The fourth-order valence-corrected chi connectivity index (χ4v) is 6.09. The maximum atomic E-state index is 14.2. The molecule has 2 heterocycles. The van der Waals surface area contributed by atoms with E-state index < -0.39 is 6.04 Å². The molecule has 1 fully saturated rings. The van der Waals surface area contributed by atoms with Crippen LogP contribution in [0.25, 0.3) is 10.9 Å². The minimum atomic E-state index is -0.819. The van der Waals surface area contributed by atoms with Crippen LogP contribution in [0.3, 0.4) is 0 Å². The van der Waals surface area contributed by atoms with E-state index in [9.17, 15) is 9.59 Å². The van der Waals surface area contributed by atoms with Crippen molar-refractivity contribution in [1.29, 1.82) is 0 Å². The van der Waals surface area contributed by atoms with Crippen molar-refractivity contribution in [3.63, 3.8) is 0 Å². The quantitative estimate of drug-likeness (QED) is 0.266. The number of hydrogen-bond donors (Lipinski definition) is 1. The molecule has 1 saturated carbocycles. The van der Waals surface area contributed by atoms with Gasteiger partial charge in [0.05, 0.1) is 24.2 Å². The van der Waals surface area contributed by atoms with Gasteiger partial charge in [0.25, 0.3) is 5.91 Å². The van der Waals surface area contributed by atoms with Gasteiger partial charge < -0.3 is 15.0 Å². The van der Waals surface area contributed by atoms with Crippen molar-refractivity contribution in [2.45, 2.75) is 51.2 Å². The van der Waals surface area contributed by atoms with Gasteiger partial charge >= 0.3 is 0 Å². The van der Waals surface area contributed by atoms with Gasteiger partial charge in [-0.05, 0) is 67.1 Å². The summed E-state index contributed by atoms with van der Waals surface area (Å²) in [6.45, 7) is 2.17. The lowest BCUT2D eigenvalue weighted by Gasteiger charge is -2.32. The second kappa shape index (κ2) is 11.5. The van der Waals surface area contributed by atoms with Crippen molar-refractivity contribution in [1.82, 2.24) is 15.2 Å². The summed E-state index contributed by atoms with van der Waals surface area (Å²) in [6, 6.07) is 17.8. The molecule has 2 aromatic carbocycles. The van der Waals surface area contributed by atoms with Gasteiger partial charge in [0.2, 0.25) is 5.91 Å². The summed E-state index contributed by atoms with van der Waals surface area (Å²) in [5.41, 5.74) is 2.60. The highest BCUT2D eigenvalue weighted by Crippen LogP contribution is 2.31. The summed E-state index contributed by atoms with van der Waals surface area (Å²) in [5.74, 6) is 0.264. The van der Waals surface area contributed by atoms with Crippen LogP contribution in [-0.2, 0) is 11.3 Å². The van der Waals surface area contributed by atoms with E-state index in [1.807, 2.05) is 60.8 Å². The molecular formula is C30H30ClN3O3S. The number of pyridine rings is 1. The number of aryl methyl sites for hydroxylation is 1.